The van der Waals surface area contributed by atoms with Crippen LogP contribution >= 0.6 is 0 Å². The number of alkyl carbamates (subject to hydrolysis) is 1. The number of aliphatic hydroxyl groups is 2. The summed E-state index contributed by atoms with van der Waals surface area (Å²) in [6, 6.07) is 0. The summed E-state index contributed by atoms with van der Waals surface area (Å²) in [5.41, 5.74) is 5.85. The second kappa shape index (κ2) is 6.10. The van der Waals surface area contributed by atoms with Crippen LogP contribution in [-0.2, 0) is 4.74 Å². The third kappa shape index (κ3) is 4.39. The van der Waals surface area contributed by atoms with Crippen molar-refractivity contribution in [2.75, 3.05) is 12.3 Å². The minimum Gasteiger partial charge on any atom is -0.444 e. The molecular weight excluding hydrogens is 264 g/mol. The van der Waals surface area contributed by atoms with Gasteiger partial charge in [-0.05, 0) is 27.7 Å². The molecule has 0 bridgehead atoms. The summed E-state index contributed by atoms with van der Waals surface area (Å²) in [6.07, 6.45) is -3.13. The van der Waals surface area contributed by atoms with Crippen LogP contribution in [0.3, 0.4) is 0 Å². The van der Waals surface area contributed by atoms with E-state index in [2.05, 4.69) is 15.5 Å². The van der Waals surface area contributed by atoms with Gasteiger partial charge in [-0.25, -0.2) is 4.79 Å². The second-order valence-electron chi connectivity index (χ2n) is 5.54. The molecule has 0 aliphatic rings. The van der Waals surface area contributed by atoms with Crippen molar-refractivity contribution in [2.45, 2.75) is 45.5 Å². The van der Waals surface area contributed by atoms with E-state index in [4.69, 9.17) is 10.5 Å². The minimum absolute atomic E-state index is 0.117. The molecule has 0 fully saturated rings. The number of H-pyrrole nitrogens is 1. The Balaban J connectivity index is 2.55. The maximum Gasteiger partial charge on any atom is 0.407 e. The lowest BCUT2D eigenvalue weighted by atomic mass is 10.0. The molecule has 20 heavy (non-hydrogen) atoms. The molecular formula is C12H22N4O4. The predicted octanol–water partition coefficient (Wildman–Crippen LogP) is 0.219. The van der Waals surface area contributed by atoms with Gasteiger partial charge in [0.15, 0.2) is 5.82 Å². The number of carbonyl (C=O) groups is 1. The molecule has 8 nitrogen and oxygen atoms in total. The Labute approximate surface area is 117 Å². The Morgan fingerprint density at radius 2 is 2.10 bits per heavy atom. The van der Waals surface area contributed by atoms with Gasteiger partial charge in [-0.2, -0.15) is 5.10 Å². The Morgan fingerprint density at radius 1 is 1.50 bits per heavy atom. The molecule has 0 spiro atoms. The summed E-state index contributed by atoms with van der Waals surface area (Å²) in [5, 5.41) is 28.6. The maximum atomic E-state index is 11.4. The highest BCUT2D eigenvalue weighted by Crippen LogP contribution is 2.24. The zero-order chi connectivity index (χ0) is 15.5. The highest BCUT2D eigenvalue weighted by Gasteiger charge is 2.25. The second-order valence-corrected chi connectivity index (χ2v) is 5.54. The molecule has 0 saturated heterocycles. The topological polar surface area (TPSA) is 133 Å². The summed E-state index contributed by atoms with van der Waals surface area (Å²) >= 11 is 0. The van der Waals surface area contributed by atoms with Crippen LogP contribution in [0, 0.1) is 6.92 Å². The Kier molecular flexibility index (Phi) is 4.96. The molecule has 0 aliphatic carbocycles. The number of aliphatic hydroxyl groups excluding tert-OH is 2. The van der Waals surface area contributed by atoms with E-state index in [0.717, 1.165) is 0 Å². The van der Waals surface area contributed by atoms with Crippen molar-refractivity contribution in [1.29, 1.82) is 0 Å². The Morgan fingerprint density at radius 3 is 2.55 bits per heavy atom. The highest BCUT2D eigenvalue weighted by molar-refractivity contribution is 5.67. The predicted molar refractivity (Wildman–Crippen MR) is 72.9 cm³/mol. The standard InChI is InChI=1S/C12H22N4O4/c1-6-8(10(13)16-15-6)9(18)7(17)5-14-11(19)20-12(2,3)4/h7,9,17-18H,5H2,1-4H3,(H,14,19)(H3,13,15,16). The third-order valence-electron chi connectivity index (χ3n) is 2.54. The van der Waals surface area contributed by atoms with E-state index in [0.29, 0.717) is 11.3 Å². The number of rotatable bonds is 4. The van der Waals surface area contributed by atoms with Gasteiger partial charge in [0.2, 0.25) is 0 Å². The summed E-state index contributed by atoms with van der Waals surface area (Å²) < 4.78 is 5.02. The van der Waals surface area contributed by atoms with E-state index in [9.17, 15) is 15.0 Å². The van der Waals surface area contributed by atoms with Crippen molar-refractivity contribution in [2.24, 2.45) is 0 Å². The van der Waals surface area contributed by atoms with E-state index in [1.165, 1.54) is 0 Å². The molecule has 0 radical (unpaired) electrons. The average molecular weight is 286 g/mol. The van der Waals surface area contributed by atoms with Crippen LogP contribution in [0.15, 0.2) is 0 Å². The van der Waals surface area contributed by atoms with Gasteiger partial charge < -0.3 is 26.0 Å². The number of nitrogens with two attached hydrogens (primary N) is 1. The lowest BCUT2D eigenvalue weighted by molar-refractivity contribution is 0.0130. The minimum atomic E-state index is -1.25. The number of hydrogen-bond acceptors (Lipinski definition) is 6. The number of hydrogen-bond donors (Lipinski definition) is 5. The van der Waals surface area contributed by atoms with E-state index in [-0.39, 0.29) is 12.4 Å². The number of carbonyl (C=O) groups excluding carboxylic acids is 1. The summed E-state index contributed by atoms with van der Waals surface area (Å²) in [4.78, 5) is 11.4. The number of nitrogens with zero attached hydrogens (tertiary/aromatic N) is 1. The van der Waals surface area contributed by atoms with Crippen LogP contribution in [0.4, 0.5) is 10.6 Å². The fraction of sp³-hybridized carbons (Fsp3) is 0.667. The summed E-state index contributed by atoms with van der Waals surface area (Å²) in [5.74, 6) is 0.117. The number of aromatic amines is 1. The van der Waals surface area contributed by atoms with Crippen LogP contribution in [-0.4, -0.2) is 44.8 Å². The number of nitrogens with one attached hydrogen (secondary N) is 2. The van der Waals surface area contributed by atoms with Gasteiger partial charge in [0, 0.05) is 17.8 Å². The van der Waals surface area contributed by atoms with E-state index in [1.807, 2.05) is 0 Å². The number of ether oxygens (including phenoxy) is 1. The smallest absolute Gasteiger partial charge is 0.407 e. The third-order valence-corrected chi connectivity index (χ3v) is 2.54. The van der Waals surface area contributed by atoms with Gasteiger partial charge in [-0.15, -0.1) is 0 Å². The zero-order valence-corrected chi connectivity index (χ0v) is 12.1. The lowest BCUT2D eigenvalue weighted by Gasteiger charge is -2.22. The van der Waals surface area contributed by atoms with Crippen LogP contribution in [0.5, 0.6) is 0 Å². The number of nitrogen functional groups attached to an aromatic ring is 1. The quantitative estimate of drug-likeness (QED) is 0.537. The first-order valence-corrected chi connectivity index (χ1v) is 6.25. The molecule has 1 rings (SSSR count). The molecule has 0 aliphatic heterocycles. The maximum absolute atomic E-state index is 11.4. The van der Waals surface area contributed by atoms with E-state index >= 15 is 0 Å². The molecule has 0 saturated carbocycles. The van der Waals surface area contributed by atoms with Gasteiger partial charge in [0.05, 0.1) is 0 Å². The summed E-state index contributed by atoms with van der Waals surface area (Å²) in [6.45, 7) is 6.70. The van der Waals surface area contributed by atoms with Gasteiger partial charge in [0.1, 0.15) is 17.8 Å². The summed E-state index contributed by atoms with van der Waals surface area (Å²) in [7, 11) is 0. The molecule has 1 aromatic rings. The van der Waals surface area contributed by atoms with Crippen LogP contribution in [0.25, 0.3) is 0 Å². The van der Waals surface area contributed by atoms with Gasteiger partial charge in [-0.1, -0.05) is 0 Å². The molecule has 114 valence electrons. The first-order chi connectivity index (χ1) is 9.11. The first kappa shape index (κ1) is 16.3. The average Bonchev–Trinajstić information content (AvgIpc) is 2.63. The van der Waals surface area contributed by atoms with E-state index in [1.54, 1.807) is 27.7 Å². The molecule has 1 amide bonds. The molecule has 0 aromatic carbocycles. The molecule has 2 atom stereocenters. The van der Waals surface area contributed by atoms with Crippen molar-refractivity contribution >= 4 is 11.9 Å². The molecule has 2 unspecified atom stereocenters. The van der Waals surface area contributed by atoms with Crippen LogP contribution < -0.4 is 11.1 Å². The fourth-order valence-electron chi connectivity index (χ4n) is 1.64. The van der Waals surface area contributed by atoms with Crippen molar-refractivity contribution in [3.8, 4) is 0 Å². The van der Waals surface area contributed by atoms with Crippen LogP contribution in [0.1, 0.15) is 38.1 Å². The molecule has 6 N–H and O–H groups in total. The number of anilines is 1. The van der Waals surface area contributed by atoms with Gasteiger partial charge in [0.25, 0.3) is 0 Å². The Hall–Kier alpha value is -1.80. The first-order valence-electron chi connectivity index (χ1n) is 6.25. The van der Waals surface area contributed by atoms with Gasteiger partial charge >= 0.3 is 6.09 Å². The van der Waals surface area contributed by atoms with Crippen LogP contribution in [0.2, 0.25) is 0 Å². The van der Waals surface area contributed by atoms with Crippen molar-refractivity contribution in [3.05, 3.63) is 11.3 Å². The number of amides is 1. The van der Waals surface area contributed by atoms with Crippen molar-refractivity contribution in [3.63, 3.8) is 0 Å². The SMILES string of the molecule is Cc1[nH]nc(N)c1C(O)C(O)CNC(=O)OC(C)(C)C. The van der Waals surface area contributed by atoms with Gasteiger partial charge in [-0.3, -0.25) is 5.10 Å². The normalized spacial score (nSPS) is 14.7. The van der Waals surface area contributed by atoms with E-state index < -0.39 is 23.9 Å². The molecule has 1 aromatic heterocycles. The monoisotopic (exact) mass is 286 g/mol. The fourth-order valence-corrected chi connectivity index (χ4v) is 1.64. The van der Waals surface area contributed by atoms with Crippen molar-refractivity contribution in [1.82, 2.24) is 15.5 Å². The number of aryl methyl sites for hydroxylation is 1. The zero-order valence-electron chi connectivity index (χ0n) is 12.1. The molecule has 8 heteroatoms. The number of aromatic nitrogens is 2. The molecule has 1 heterocycles. The van der Waals surface area contributed by atoms with Crippen molar-refractivity contribution < 1.29 is 19.7 Å². The highest BCUT2D eigenvalue weighted by atomic mass is 16.6. The lowest BCUT2D eigenvalue weighted by Crippen LogP contribution is -2.39. The largest absolute Gasteiger partial charge is 0.444 e. The Bertz CT molecular complexity index is 447.